The van der Waals surface area contributed by atoms with Gasteiger partial charge in [0.2, 0.25) is 17.7 Å². The van der Waals surface area contributed by atoms with Gasteiger partial charge in [0.15, 0.2) is 0 Å². The van der Waals surface area contributed by atoms with Gasteiger partial charge in [0.25, 0.3) is 0 Å². The minimum atomic E-state index is -0.570. The van der Waals surface area contributed by atoms with Crippen molar-refractivity contribution >= 4 is 34.7 Å². The summed E-state index contributed by atoms with van der Waals surface area (Å²) >= 11 is 0. The summed E-state index contributed by atoms with van der Waals surface area (Å²) in [7, 11) is 0. The number of imide groups is 1. The van der Waals surface area contributed by atoms with Gasteiger partial charge in [-0.25, -0.2) is 13.9 Å². The fraction of sp³-hybridized carbons (Fsp3) is 0.400. The minimum absolute atomic E-state index is 0.0455. The number of amides is 3. The normalized spacial score (nSPS) is 21.8. The van der Waals surface area contributed by atoms with E-state index in [1.165, 1.54) is 12.5 Å². The molecule has 6 saturated heterocycles. The number of fused-ring (bicyclic) bond motifs is 3. The predicted molar refractivity (Wildman–Crippen MR) is 248 cm³/mol. The molecule has 11 heterocycles. The molecule has 6 fully saturated rings. The maximum Gasteiger partial charge on any atom is 0.249 e. The summed E-state index contributed by atoms with van der Waals surface area (Å²) in [5, 5.41) is 24.8. The zero-order valence-electron chi connectivity index (χ0n) is 37.2. The van der Waals surface area contributed by atoms with Gasteiger partial charge in [-0.2, -0.15) is 15.5 Å². The molecule has 1 aromatic carbocycles. The van der Waals surface area contributed by atoms with Gasteiger partial charge in [0.05, 0.1) is 41.8 Å². The first-order valence-electron chi connectivity index (χ1n) is 23.5. The van der Waals surface area contributed by atoms with Crippen LogP contribution in [0.4, 0.5) is 15.9 Å². The molecule has 6 aliphatic heterocycles. The third-order valence-corrected chi connectivity index (χ3v) is 14.6. The molecule has 5 aromatic heterocycles. The Bertz CT molecular complexity index is 2850. The number of pyridine rings is 3. The van der Waals surface area contributed by atoms with Crippen LogP contribution >= 0.6 is 0 Å². The van der Waals surface area contributed by atoms with Crippen LogP contribution in [0.2, 0.25) is 0 Å². The molecule has 0 radical (unpaired) electrons. The highest BCUT2D eigenvalue weighted by Gasteiger charge is 2.45. The van der Waals surface area contributed by atoms with Crippen molar-refractivity contribution in [3.8, 4) is 28.3 Å². The van der Waals surface area contributed by atoms with E-state index < -0.39 is 11.9 Å². The lowest BCUT2D eigenvalue weighted by molar-refractivity contribution is -0.135. The Balaban J connectivity index is 0.688. The first-order valence-corrected chi connectivity index (χ1v) is 23.5. The fourth-order valence-electron chi connectivity index (χ4n) is 10.9. The highest BCUT2D eigenvalue weighted by Crippen LogP contribution is 2.38. The number of piperidine rings is 4. The van der Waals surface area contributed by atoms with E-state index in [1.54, 1.807) is 22.8 Å². The molecular weight excluding hydrogens is 850 g/mol. The number of likely N-dealkylation sites (tertiary alicyclic amines) is 2. The molecule has 342 valence electrons. The topological polar surface area (TPSA) is 173 Å². The van der Waals surface area contributed by atoms with E-state index in [9.17, 15) is 19.6 Å². The summed E-state index contributed by atoms with van der Waals surface area (Å²) in [6, 6.07) is 20.2. The second-order valence-corrected chi connectivity index (χ2v) is 18.7. The summed E-state index contributed by atoms with van der Waals surface area (Å²) in [5.41, 5.74) is 7.14. The van der Waals surface area contributed by atoms with E-state index in [0.717, 1.165) is 84.6 Å². The summed E-state index contributed by atoms with van der Waals surface area (Å²) < 4.78 is 19.1. The van der Waals surface area contributed by atoms with Gasteiger partial charge >= 0.3 is 0 Å². The Hall–Kier alpha value is -7.03. The summed E-state index contributed by atoms with van der Waals surface area (Å²) in [6.07, 6.45) is 16.2. The van der Waals surface area contributed by atoms with Crippen LogP contribution in [-0.2, 0) is 20.9 Å². The van der Waals surface area contributed by atoms with Crippen LogP contribution in [0, 0.1) is 17.1 Å². The van der Waals surface area contributed by atoms with Crippen molar-refractivity contribution in [2.45, 2.75) is 81.6 Å². The number of aromatic nitrogens is 6. The van der Waals surface area contributed by atoms with Crippen molar-refractivity contribution in [2.75, 3.05) is 56.0 Å². The predicted octanol–water partition coefficient (Wildman–Crippen LogP) is 5.39. The van der Waals surface area contributed by atoms with E-state index >= 15 is 4.39 Å². The quantitative estimate of drug-likeness (QED) is 0.159. The Morgan fingerprint density at radius 2 is 1.69 bits per heavy atom. The Morgan fingerprint density at radius 3 is 2.42 bits per heavy atom. The molecule has 3 atom stereocenters. The Labute approximate surface area is 387 Å². The van der Waals surface area contributed by atoms with Gasteiger partial charge in [-0.3, -0.25) is 39.2 Å². The van der Waals surface area contributed by atoms with Gasteiger partial charge in [0.1, 0.15) is 23.7 Å². The molecule has 2 N–H and O–H groups in total. The lowest BCUT2D eigenvalue weighted by atomic mass is 9.87. The standard InChI is InChI=1S/C50H52FN13O3/c51-44-20-37(57-45-7-9-47(65)58-50(45)67)5-6-42(44)32-10-15-59(16-11-32)31-48(66)60-17-12-39(13-18-60)63-27-36(25-55-63)34-19-43(49-35(22-52)24-56-64(49)26-34)33-4-8-46(54-23-33)61-29-40-21-41(30-61)62(40)28-38-3-1-2-14-53-38/h1-6,8,14,19-20,23-27,32,39-41,45,57H,7,9-13,15-18,21,28-31H2,(H,58,65,67). The molecule has 0 spiro atoms. The summed E-state index contributed by atoms with van der Waals surface area (Å²) in [4.78, 5) is 55.7. The van der Waals surface area contributed by atoms with Crippen LogP contribution in [0.15, 0.2) is 91.8 Å². The number of benzene rings is 1. The van der Waals surface area contributed by atoms with Crippen LogP contribution in [-0.4, -0.2) is 126 Å². The number of halogens is 1. The van der Waals surface area contributed by atoms with Crippen molar-refractivity contribution in [2.24, 2.45) is 0 Å². The number of carbonyl (C=O) groups is 3. The first-order chi connectivity index (χ1) is 32.7. The molecule has 67 heavy (non-hydrogen) atoms. The van der Waals surface area contributed by atoms with Gasteiger partial charge in [0, 0.05) is 104 Å². The van der Waals surface area contributed by atoms with Crippen molar-refractivity contribution in [3.63, 3.8) is 0 Å². The van der Waals surface area contributed by atoms with Gasteiger partial charge < -0.3 is 15.1 Å². The molecule has 2 bridgehead atoms. The third kappa shape index (κ3) is 8.62. The summed E-state index contributed by atoms with van der Waals surface area (Å²) in [5.74, 6) is 0.116. The number of hydrogen-bond donors (Lipinski definition) is 2. The average molecular weight is 902 g/mol. The molecule has 6 aromatic rings. The molecule has 3 amide bonds. The highest BCUT2D eigenvalue weighted by molar-refractivity contribution is 6.01. The van der Waals surface area contributed by atoms with Crippen molar-refractivity contribution in [3.05, 3.63) is 114 Å². The molecule has 6 aliphatic rings. The number of piperazine rings is 1. The van der Waals surface area contributed by atoms with Crippen LogP contribution in [0.5, 0.6) is 0 Å². The van der Waals surface area contributed by atoms with Crippen LogP contribution in [0.1, 0.15) is 73.7 Å². The number of nitriles is 1. The third-order valence-electron chi connectivity index (χ3n) is 14.6. The smallest absolute Gasteiger partial charge is 0.249 e. The first kappa shape index (κ1) is 42.6. The molecule has 3 unspecified atom stereocenters. The highest BCUT2D eigenvalue weighted by atomic mass is 19.1. The van der Waals surface area contributed by atoms with E-state index in [-0.39, 0.29) is 36.0 Å². The van der Waals surface area contributed by atoms with Crippen LogP contribution < -0.4 is 15.5 Å². The molecule has 0 aliphatic carbocycles. The van der Waals surface area contributed by atoms with Crippen molar-refractivity contribution in [1.82, 2.24) is 49.4 Å². The molecule has 12 rings (SSSR count). The SMILES string of the molecule is N#Cc1cnn2cc(-c3cnn(C4CCN(C(=O)CN5CCC(c6ccc(NC7CCC(=O)NC7=O)cc6F)CC5)CC4)c3)cc(-c3ccc(N4CC5CC(C4)N5Cc4ccccn4)nc3)c12. The number of rotatable bonds is 11. The maximum absolute atomic E-state index is 15.3. The molecular formula is C50H52FN13O3. The van der Waals surface area contributed by atoms with Gasteiger partial charge in [-0.05, 0) is 106 Å². The van der Waals surface area contributed by atoms with E-state index in [4.69, 9.17) is 10.1 Å². The average Bonchev–Trinajstić information content (AvgIpc) is 4.03. The van der Waals surface area contributed by atoms with Crippen LogP contribution in [0.25, 0.3) is 27.8 Å². The van der Waals surface area contributed by atoms with E-state index in [2.05, 4.69) is 71.9 Å². The van der Waals surface area contributed by atoms with Crippen molar-refractivity contribution in [1.29, 1.82) is 5.26 Å². The van der Waals surface area contributed by atoms with Crippen LogP contribution in [0.3, 0.4) is 0 Å². The Kier molecular flexibility index (Phi) is 11.4. The largest absolute Gasteiger partial charge is 0.374 e. The maximum atomic E-state index is 15.3. The number of anilines is 2. The number of nitrogens with one attached hydrogen (secondary N) is 2. The molecule has 0 saturated carbocycles. The lowest BCUT2D eigenvalue weighted by Gasteiger charge is -2.56. The summed E-state index contributed by atoms with van der Waals surface area (Å²) in [6.45, 7) is 5.77. The van der Waals surface area contributed by atoms with Crippen molar-refractivity contribution < 1.29 is 18.8 Å². The fourth-order valence-corrected chi connectivity index (χ4v) is 10.9. The molecule has 16 nitrogen and oxygen atoms in total. The van der Waals surface area contributed by atoms with E-state index in [1.807, 2.05) is 46.5 Å². The van der Waals surface area contributed by atoms with Gasteiger partial charge in [-0.1, -0.05) is 12.1 Å². The van der Waals surface area contributed by atoms with E-state index in [0.29, 0.717) is 68.0 Å². The lowest BCUT2D eigenvalue weighted by Crippen LogP contribution is -2.68. The minimum Gasteiger partial charge on any atom is -0.374 e. The molecule has 17 heteroatoms. The Morgan fingerprint density at radius 1 is 0.851 bits per heavy atom. The zero-order valence-corrected chi connectivity index (χ0v) is 37.2. The second-order valence-electron chi connectivity index (χ2n) is 18.7. The van der Waals surface area contributed by atoms with Gasteiger partial charge in [-0.15, -0.1) is 0 Å². The number of carbonyl (C=O) groups excluding carboxylic acids is 3. The monoisotopic (exact) mass is 901 g/mol. The number of nitrogens with zero attached hydrogens (tertiary/aromatic N) is 11. The zero-order chi connectivity index (χ0) is 45.6. The number of hydrogen-bond acceptors (Lipinski definition) is 12. The second kappa shape index (κ2) is 18.0.